The van der Waals surface area contributed by atoms with Gasteiger partial charge in [0, 0.05) is 16.8 Å². The predicted molar refractivity (Wildman–Crippen MR) is 78.1 cm³/mol. The number of thioether (sulfide) groups is 2. The number of hydrogen-bond acceptors (Lipinski definition) is 6. The third-order valence-electron chi connectivity index (χ3n) is 3.04. The van der Waals surface area contributed by atoms with Crippen LogP contribution in [0, 0.1) is 0 Å². The zero-order valence-corrected chi connectivity index (χ0v) is 13.0. The predicted octanol–water partition coefficient (Wildman–Crippen LogP) is 2.82. The van der Waals surface area contributed by atoms with Crippen LogP contribution in [0.25, 0.3) is 0 Å². The van der Waals surface area contributed by atoms with Crippen molar-refractivity contribution in [2.45, 2.75) is 43.7 Å². The van der Waals surface area contributed by atoms with E-state index in [2.05, 4.69) is 43.2 Å². The summed E-state index contributed by atoms with van der Waals surface area (Å²) in [4.78, 5) is 4.60. The summed E-state index contributed by atoms with van der Waals surface area (Å²) < 4.78 is 5.44. The third kappa shape index (κ3) is 3.03. The minimum Gasteiger partial charge on any atom is -0.337 e. The molecular formula is C12H21N3OS2. The molecular weight excluding hydrogens is 266 g/mol. The van der Waals surface area contributed by atoms with E-state index in [1.807, 2.05) is 23.5 Å². The molecule has 1 aromatic heterocycles. The molecule has 18 heavy (non-hydrogen) atoms. The molecule has 0 aromatic carbocycles. The van der Waals surface area contributed by atoms with Crippen molar-refractivity contribution in [1.82, 2.24) is 15.5 Å². The topological polar surface area (TPSA) is 51.0 Å². The molecule has 0 radical (unpaired) electrons. The maximum Gasteiger partial charge on any atom is 0.246 e. The molecule has 0 spiro atoms. The van der Waals surface area contributed by atoms with E-state index in [0.29, 0.717) is 16.4 Å². The summed E-state index contributed by atoms with van der Waals surface area (Å²) in [6.07, 6.45) is 0. The third-order valence-corrected chi connectivity index (χ3v) is 6.12. The Morgan fingerprint density at radius 1 is 1.39 bits per heavy atom. The van der Waals surface area contributed by atoms with Crippen LogP contribution in [0.2, 0.25) is 0 Å². The Hall–Kier alpha value is -0.200. The molecule has 4 nitrogen and oxygen atoms in total. The lowest BCUT2D eigenvalue weighted by atomic mass is 10.1. The summed E-state index contributed by atoms with van der Waals surface area (Å²) in [6, 6.07) is 0. The molecule has 0 saturated carbocycles. The Labute approximate surface area is 117 Å². The molecule has 0 bridgehead atoms. The Kier molecular flexibility index (Phi) is 4.61. The second kappa shape index (κ2) is 5.84. The van der Waals surface area contributed by atoms with Crippen molar-refractivity contribution in [2.24, 2.45) is 0 Å². The molecule has 2 rings (SSSR count). The van der Waals surface area contributed by atoms with Crippen LogP contribution >= 0.6 is 23.5 Å². The first-order valence-corrected chi connectivity index (χ1v) is 8.46. The first kappa shape index (κ1) is 14.2. The number of rotatable bonds is 4. The van der Waals surface area contributed by atoms with E-state index < -0.39 is 0 Å². The van der Waals surface area contributed by atoms with Crippen molar-refractivity contribution in [2.75, 3.05) is 18.1 Å². The van der Waals surface area contributed by atoms with Gasteiger partial charge in [-0.3, -0.25) is 0 Å². The van der Waals surface area contributed by atoms with E-state index in [1.165, 1.54) is 11.5 Å². The molecule has 6 heteroatoms. The lowest BCUT2D eigenvalue weighted by Gasteiger charge is -2.25. The Morgan fingerprint density at radius 3 is 2.78 bits per heavy atom. The van der Waals surface area contributed by atoms with Gasteiger partial charge in [-0.1, -0.05) is 19.0 Å². The summed E-state index contributed by atoms with van der Waals surface area (Å²) in [5.74, 6) is 3.92. The van der Waals surface area contributed by atoms with E-state index in [0.717, 1.165) is 12.4 Å². The second-order valence-corrected chi connectivity index (χ2v) is 7.71. The van der Waals surface area contributed by atoms with E-state index in [1.54, 1.807) is 0 Å². The van der Waals surface area contributed by atoms with Crippen LogP contribution in [0.5, 0.6) is 0 Å². The second-order valence-electron chi connectivity index (χ2n) is 4.98. The SMILES string of the molecule is CCNC(C)(C)c1nc(C2SCCSC2C)no1. The molecule has 0 amide bonds. The van der Waals surface area contributed by atoms with Gasteiger partial charge >= 0.3 is 0 Å². The van der Waals surface area contributed by atoms with Crippen molar-refractivity contribution < 1.29 is 4.52 Å². The van der Waals surface area contributed by atoms with Crippen molar-refractivity contribution in [3.8, 4) is 0 Å². The fourth-order valence-corrected chi connectivity index (χ4v) is 4.72. The monoisotopic (exact) mass is 287 g/mol. The summed E-state index contributed by atoms with van der Waals surface area (Å²) in [5.41, 5.74) is -0.254. The zero-order valence-electron chi connectivity index (χ0n) is 11.4. The van der Waals surface area contributed by atoms with Gasteiger partial charge in [0.15, 0.2) is 5.82 Å². The number of nitrogens with zero attached hydrogens (tertiary/aromatic N) is 2. The highest BCUT2D eigenvalue weighted by Crippen LogP contribution is 2.41. The molecule has 1 N–H and O–H groups in total. The normalized spacial score (nSPS) is 25.3. The smallest absolute Gasteiger partial charge is 0.246 e. The Morgan fingerprint density at radius 2 is 2.11 bits per heavy atom. The molecule has 1 aliphatic heterocycles. The van der Waals surface area contributed by atoms with E-state index >= 15 is 0 Å². The first-order valence-electron chi connectivity index (χ1n) is 6.37. The molecule has 1 fully saturated rings. The van der Waals surface area contributed by atoms with Gasteiger partial charge in [-0.2, -0.15) is 16.7 Å². The average molecular weight is 287 g/mol. The lowest BCUT2D eigenvalue weighted by Crippen LogP contribution is -2.36. The molecule has 2 atom stereocenters. The standard InChI is InChI=1S/C12H21N3OS2/c1-5-13-12(3,4)11-14-10(15-16-11)9-8(2)17-6-7-18-9/h8-9,13H,5-7H2,1-4H3. The van der Waals surface area contributed by atoms with Gasteiger partial charge in [0.1, 0.15) is 0 Å². The van der Waals surface area contributed by atoms with Gasteiger partial charge in [-0.25, -0.2) is 0 Å². The maximum atomic E-state index is 5.44. The molecule has 1 saturated heterocycles. The highest BCUT2D eigenvalue weighted by molar-refractivity contribution is 8.06. The van der Waals surface area contributed by atoms with Crippen LogP contribution in [0.4, 0.5) is 0 Å². The largest absolute Gasteiger partial charge is 0.337 e. The summed E-state index contributed by atoms with van der Waals surface area (Å²) in [5, 5.41) is 8.45. The van der Waals surface area contributed by atoms with Crippen LogP contribution < -0.4 is 5.32 Å². The van der Waals surface area contributed by atoms with Gasteiger partial charge in [0.2, 0.25) is 5.89 Å². The summed E-state index contributed by atoms with van der Waals surface area (Å²) >= 11 is 3.93. The fraction of sp³-hybridized carbons (Fsp3) is 0.833. The number of nitrogens with one attached hydrogen (secondary N) is 1. The lowest BCUT2D eigenvalue weighted by molar-refractivity contribution is 0.270. The highest BCUT2D eigenvalue weighted by Gasteiger charge is 2.32. The minimum atomic E-state index is -0.254. The number of aromatic nitrogens is 2. The van der Waals surface area contributed by atoms with Crippen molar-refractivity contribution in [3.05, 3.63) is 11.7 Å². The first-order chi connectivity index (χ1) is 8.54. The van der Waals surface area contributed by atoms with Crippen LogP contribution in [0.1, 0.15) is 44.7 Å². The average Bonchev–Trinajstić information content (AvgIpc) is 2.79. The van der Waals surface area contributed by atoms with Crippen LogP contribution in [0.3, 0.4) is 0 Å². The quantitative estimate of drug-likeness (QED) is 0.919. The van der Waals surface area contributed by atoms with Gasteiger partial charge in [0.25, 0.3) is 0 Å². The molecule has 1 aliphatic rings. The van der Waals surface area contributed by atoms with E-state index in [-0.39, 0.29) is 5.54 Å². The van der Waals surface area contributed by atoms with Crippen molar-refractivity contribution in [3.63, 3.8) is 0 Å². The van der Waals surface area contributed by atoms with E-state index in [4.69, 9.17) is 4.52 Å². The van der Waals surface area contributed by atoms with Crippen molar-refractivity contribution >= 4 is 23.5 Å². The summed E-state index contributed by atoms with van der Waals surface area (Å²) in [7, 11) is 0. The zero-order chi connectivity index (χ0) is 13.2. The van der Waals surface area contributed by atoms with Gasteiger partial charge in [-0.05, 0) is 20.4 Å². The van der Waals surface area contributed by atoms with Crippen LogP contribution in [0.15, 0.2) is 4.52 Å². The minimum absolute atomic E-state index is 0.254. The van der Waals surface area contributed by atoms with Crippen LogP contribution in [-0.4, -0.2) is 33.4 Å². The molecule has 102 valence electrons. The summed E-state index contributed by atoms with van der Waals surface area (Å²) in [6.45, 7) is 9.34. The van der Waals surface area contributed by atoms with Gasteiger partial charge < -0.3 is 9.84 Å². The highest BCUT2D eigenvalue weighted by atomic mass is 32.2. The molecule has 2 heterocycles. The maximum absolute atomic E-state index is 5.44. The Bertz CT molecular complexity index is 394. The molecule has 0 aliphatic carbocycles. The Balaban J connectivity index is 2.14. The number of hydrogen-bond donors (Lipinski definition) is 1. The molecule has 1 aromatic rings. The van der Waals surface area contributed by atoms with Gasteiger partial charge in [0.05, 0.1) is 10.8 Å². The van der Waals surface area contributed by atoms with E-state index in [9.17, 15) is 0 Å². The van der Waals surface area contributed by atoms with Crippen molar-refractivity contribution in [1.29, 1.82) is 0 Å². The fourth-order valence-electron chi connectivity index (χ4n) is 2.04. The molecule has 2 unspecified atom stereocenters. The van der Waals surface area contributed by atoms with Gasteiger partial charge in [-0.15, -0.1) is 11.8 Å². The van der Waals surface area contributed by atoms with Crippen LogP contribution in [-0.2, 0) is 5.54 Å².